The molecule has 0 atom stereocenters. The molecule has 30 heavy (non-hydrogen) atoms. The van der Waals surface area contributed by atoms with Crippen LogP contribution in [-0.4, -0.2) is 30.5 Å². The van der Waals surface area contributed by atoms with Gasteiger partial charge in [-0.05, 0) is 37.6 Å². The van der Waals surface area contributed by atoms with Crippen LogP contribution in [0.4, 0.5) is 5.69 Å². The van der Waals surface area contributed by atoms with E-state index in [-0.39, 0.29) is 11.1 Å². The highest BCUT2D eigenvalue weighted by Gasteiger charge is 2.22. The van der Waals surface area contributed by atoms with Gasteiger partial charge < -0.3 is 5.32 Å². The molecule has 0 saturated carbocycles. The number of anilines is 1. The van der Waals surface area contributed by atoms with Gasteiger partial charge in [0, 0.05) is 5.02 Å². The minimum atomic E-state index is -0.378. The number of rotatable bonds is 5. The van der Waals surface area contributed by atoms with Gasteiger partial charge in [0.2, 0.25) is 0 Å². The molecule has 2 heterocycles. The first-order valence-corrected chi connectivity index (χ1v) is 9.92. The zero-order chi connectivity index (χ0) is 21.3. The number of halogens is 2. The van der Waals surface area contributed by atoms with E-state index in [1.54, 1.807) is 34.5 Å². The van der Waals surface area contributed by atoms with E-state index < -0.39 is 0 Å². The molecule has 1 amide bonds. The van der Waals surface area contributed by atoms with Crippen LogP contribution in [0, 0.1) is 13.8 Å². The Bertz CT molecular complexity index is 1200. The van der Waals surface area contributed by atoms with Crippen LogP contribution in [0.15, 0.2) is 55.1 Å². The predicted molar refractivity (Wildman–Crippen MR) is 117 cm³/mol. The molecule has 0 fully saturated rings. The normalized spacial score (nSPS) is 10.9. The van der Waals surface area contributed by atoms with Gasteiger partial charge in [0.05, 0.1) is 29.2 Å². The predicted octanol–water partition coefficient (Wildman–Crippen LogP) is 4.69. The molecular weight excluding hydrogens is 423 g/mol. The van der Waals surface area contributed by atoms with E-state index in [9.17, 15) is 4.79 Å². The molecule has 0 spiro atoms. The number of aromatic nitrogens is 5. The van der Waals surface area contributed by atoms with Gasteiger partial charge >= 0.3 is 0 Å². The number of nitrogens with one attached hydrogen (secondary N) is 1. The first-order chi connectivity index (χ1) is 14.4. The van der Waals surface area contributed by atoms with Crippen molar-refractivity contribution in [1.29, 1.82) is 0 Å². The summed E-state index contributed by atoms with van der Waals surface area (Å²) in [7, 11) is 0. The SMILES string of the molecule is Cc1ccc(Cn2nc(C)c(C(=O)Nc3cc(Cl)ccc3-n3cncn3)c2Cl)cc1. The Hall–Kier alpha value is -3.16. The molecule has 9 heteroatoms. The van der Waals surface area contributed by atoms with Crippen molar-refractivity contribution in [3.63, 3.8) is 0 Å². The van der Waals surface area contributed by atoms with E-state index in [2.05, 4.69) is 20.5 Å². The maximum Gasteiger partial charge on any atom is 0.260 e. The Labute approximate surface area is 183 Å². The summed E-state index contributed by atoms with van der Waals surface area (Å²) >= 11 is 12.7. The van der Waals surface area contributed by atoms with Gasteiger partial charge in [-0.3, -0.25) is 4.79 Å². The fourth-order valence-electron chi connectivity index (χ4n) is 3.11. The topological polar surface area (TPSA) is 77.6 Å². The molecule has 0 radical (unpaired) electrons. The Balaban J connectivity index is 1.63. The Kier molecular flexibility index (Phi) is 5.57. The first-order valence-electron chi connectivity index (χ1n) is 9.16. The largest absolute Gasteiger partial charge is 0.320 e. The molecule has 7 nitrogen and oxygen atoms in total. The standard InChI is InChI=1S/C21H18Cl2N6O/c1-13-3-5-15(6-4-13)10-28-20(23)19(14(2)27-28)21(30)26-17-9-16(22)7-8-18(17)29-12-24-11-25-29/h3-9,11-12H,10H2,1-2H3,(H,26,30). The fourth-order valence-corrected chi connectivity index (χ4v) is 3.60. The monoisotopic (exact) mass is 440 g/mol. The van der Waals surface area contributed by atoms with Crippen LogP contribution in [0.1, 0.15) is 27.2 Å². The molecule has 2 aromatic heterocycles. The Morgan fingerprint density at radius 1 is 1.10 bits per heavy atom. The number of amides is 1. The maximum atomic E-state index is 13.1. The zero-order valence-electron chi connectivity index (χ0n) is 16.3. The summed E-state index contributed by atoms with van der Waals surface area (Å²) in [6.45, 7) is 4.25. The Morgan fingerprint density at radius 2 is 1.87 bits per heavy atom. The molecule has 0 bridgehead atoms. The second-order valence-corrected chi connectivity index (χ2v) is 7.64. The minimum absolute atomic E-state index is 0.273. The lowest BCUT2D eigenvalue weighted by Gasteiger charge is -2.11. The molecule has 1 N–H and O–H groups in total. The lowest BCUT2D eigenvalue weighted by Crippen LogP contribution is -2.15. The van der Waals surface area contributed by atoms with Crippen LogP contribution in [0.2, 0.25) is 10.2 Å². The number of hydrogen-bond donors (Lipinski definition) is 1. The van der Waals surface area contributed by atoms with Crippen LogP contribution in [0.3, 0.4) is 0 Å². The molecule has 2 aromatic carbocycles. The highest BCUT2D eigenvalue weighted by molar-refractivity contribution is 6.34. The van der Waals surface area contributed by atoms with E-state index in [1.165, 1.54) is 18.2 Å². The van der Waals surface area contributed by atoms with Gasteiger partial charge in [-0.15, -0.1) is 0 Å². The smallest absolute Gasteiger partial charge is 0.260 e. The highest BCUT2D eigenvalue weighted by atomic mass is 35.5. The van der Waals surface area contributed by atoms with Crippen molar-refractivity contribution in [1.82, 2.24) is 24.5 Å². The van der Waals surface area contributed by atoms with E-state index >= 15 is 0 Å². The number of carbonyl (C=O) groups is 1. The molecule has 0 aliphatic carbocycles. The number of hydrogen-bond acceptors (Lipinski definition) is 4. The van der Waals surface area contributed by atoms with Crippen molar-refractivity contribution in [2.24, 2.45) is 0 Å². The fraction of sp³-hybridized carbons (Fsp3) is 0.143. The molecule has 0 aliphatic heterocycles. The lowest BCUT2D eigenvalue weighted by molar-refractivity contribution is 0.102. The van der Waals surface area contributed by atoms with Crippen molar-refractivity contribution in [2.75, 3.05) is 5.32 Å². The van der Waals surface area contributed by atoms with Gasteiger partial charge in [-0.2, -0.15) is 10.2 Å². The number of aryl methyl sites for hydroxylation is 2. The average Bonchev–Trinajstić information content (AvgIpc) is 3.32. The second-order valence-electron chi connectivity index (χ2n) is 6.85. The summed E-state index contributed by atoms with van der Waals surface area (Å²) in [5.74, 6) is -0.378. The molecule has 4 rings (SSSR count). The Morgan fingerprint density at radius 3 is 2.57 bits per heavy atom. The average molecular weight is 441 g/mol. The van der Waals surface area contributed by atoms with E-state index in [0.717, 1.165) is 5.56 Å². The first kappa shape index (κ1) is 20.1. The van der Waals surface area contributed by atoms with Crippen molar-refractivity contribution in [3.8, 4) is 5.69 Å². The van der Waals surface area contributed by atoms with Gasteiger partial charge in [0.25, 0.3) is 5.91 Å². The van der Waals surface area contributed by atoms with Gasteiger partial charge in [-0.1, -0.05) is 53.0 Å². The summed E-state index contributed by atoms with van der Waals surface area (Å²) in [5, 5.41) is 12.2. The third-order valence-corrected chi connectivity index (χ3v) is 5.24. The summed E-state index contributed by atoms with van der Waals surface area (Å²) in [5.41, 5.74) is 4.18. The molecule has 0 aliphatic rings. The van der Waals surface area contributed by atoms with Crippen LogP contribution in [-0.2, 0) is 6.54 Å². The van der Waals surface area contributed by atoms with E-state index in [0.29, 0.717) is 34.2 Å². The summed E-state index contributed by atoms with van der Waals surface area (Å²) in [4.78, 5) is 17.0. The summed E-state index contributed by atoms with van der Waals surface area (Å²) < 4.78 is 3.16. The van der Waals surface area contributed by atoms with Crippen LogP contribution < -0.4 is 5.32 Å². The van der Waals surface area contributed by atoms with E-state index in [1.807, 2.05) is 31.2 Å². The molecule has 4 aromatic rings. The van der Waals surface area contributed by atoms with Crippen molar-refractivity contribution < 1.29 is 4.79 Å². The quantitative estimate of drug-likeness (QED) is 0.488. The summed E-state index contributed by atoms with van der Waals surface area (Å²) in [6, 6.07) is 13.2. The second kappa shape index (κ2) is 8.30. The summed E-state index contributed by atoms with van der Waals surface area (Å²) in [6.07, 6.45) is 2.95. The molecule has 0 unspecified atom stereocenters. The zero-order valence-corrected chi connectivity index (χ0v) is 17.8. The molecule has 152 valence electrons. The molecule has 0 saturated heterocycles. The van der Waals surface area contributed by atoms with Crippen molar-refractivity contribution >= 4 is 34.8 Å². The van der Waals surface area contributed by atoms with Crippen molar-refractivity contribution in [2.45, 2.75) is 20.4 Å². The van der Waals surface area contributed by atoms with Gasteiger partial charge in [0.1, 0.15) is 17.8 Å². The van der Waals surface area contributed by atoms with Crippen LogP contribution >= 0.6 is 23.2 Å². The van der Waals surface area contributed by atoms with Crippen molar-refractivity contribution in [3.05, 3.63) is 87.7 Å². The maximum absolute atomic E-state index is 13.1. The number of carbonyl (C=O) groups excluding carboxylic acids is 1. The van der Waals surface area contributed by atoms with Crippen LogP contribution in [0.25, 0.3) is 5.69 Å². The molecular formula is C21H18Cl2N6O. The highest BCUT2D eigenvalue weighted by Crippen LogP contribution is 2.27. The number of nitrogens with zero attached hydrogens (tertiary/aromatic N) is 5. The van der Waals surface area contributed by atoms with Crippen LogP contribution in [0.5, 0.6) is 0 Å². The van der Waals surface area contributed by atoms with Gasteiger partial charge in [-0.25, -0.2) is 14.3 Å². The number of benzene rings is 2. The van der Waals surface area contributed by atoms with E-state index in [4.69, 9.17) is 23.2 Å². The lowest BCUT2D eigenvalue weighted by atomic mass is 10.1. The minimum Gasteiger partial charge on any atom is -0.320 e. The third-order valence-electron chi connectivity index (χ3n) is 4.62. The third kappa shape index (κ3) is 4.08. The van der Waals surface area contributed by atoms with Gasteiger partial charge in [0.15, 0.2) is 0 Å².